The fraction of sp³-hybridized carbons (Fsp3) is 0.348. The molecule has 3 rings (SSSR count). The van der Waals surface area contributed by atoms with Crippen molar-refractivity contribution in [3.63, 3.8) is 0 Å². The fourth-order valence-corrected chi connectivity index (χ4v) is 3.38. The first-order valence-electron chi connectivity index (χ1n) is 10.5. The van der Waals surface area contributed by atoms with E-state index in [0.717, 1.165) is 0 Å². The normalized spacial score (nSPS) is 13.3. The van der Waals surface area contributed by atoms with Gasteiger partial charge in [0.05, 0.1) is 36.6 Å². The minimum Gasteiger partial charge on any atom is -0.490 e. The molecule has 170 valence electrons. The van der Waals surface area contributed by atoms with Gasteiger partial charge in [-0.05, 0) is 43.4 Å². The van der Waals surface area contributed by atoms with E-state index in [-0.39, 0.29) is 11.0 Å². The van der Waals surface area contributed by atoms with E-state index in [9.17, 15) is 9.59 Å². The first-order valence-corrected chi connectivity index (χ1v) is 10.9. The smallest absolute Gasteiger partial charge is 0.261 e. The summed E-state index contributed by atoms with van der Waals surface area (Å²) in [5, 5.41) is 5.71. The molecule has 2 aromatic carbocycles. The van der Waals surface area contributed by atoms with E-state index in [0.29, 0.717) is 68.7 Å². The van der Waals surface area contributed by atoms with Gasteiger partial charge in [-0.25, -0.2) is 0 Å². The zero-order valence-electron chi connectivity index (χ0n) is 18.0. The number of nitrogens with one attached hydrogen (secondary N) is 2. The van der Waals surface area contributed by atoms with Crippen molar-refractivity contribution in [2.75, 3.05) is 51.4 Å². The van der Waals surface area contributed by atoms with Crippen LogP contribution in [0.15, 0.2) is 48.5 Å². The molecule has 0 aliphatic carbocycles. The van der Waals surface area contributed by atoms with Gasteiger partial charge in [-0.15, -0.1) is 0 Å². The molecule has 0 aromatic heterocycles. The van der Waals surface area contributed by atoms with Crippen molar-refractivity contribution in [2.45, 2.75) is 6.92 Å². The standard InChI is InChI=1S/C23H27N3O5S/c1-2-29-15-16-31-20-10-6-4-8-18(20)21(27)25-23(32)24-19-9-5-3-7-17(19)22(28)26-11-13-30-14-12-26/h3-10H,2,11-16H2,1H3,(H2,24,25,27,32). The number of para-hydroxylation sites is 2. The van der Waals surface area contributed by atoms with Gasteiger partial charge in [-0.2, -0.15) is 0 Å². The van der Waals surface area contributed by atoms with Crippen LogP contribution in [0.25, 0.3) is 0 Å². The summed E-state index contributed by atoms with van der Waals surface area (Å²) >= 11 is 5.33. The second-order valence-electron chi connectivity index (χ2n) is 6.90. The van der Waals surface area contributed by atoms with E-state index in [4.69, 9.17) is 26.4 Å². The number of carbonyl (C=O) groups is 2. The van der Waals surface area contributed by atoms with E-state index >= 15 is 0 Å². The van der Waals surface area contributed by atoms with Crippen molar-refractivity contribution in [2.24, 2.45) is 0 Å². The zero-order valence-corrected chi connectivity index (χ0v) is 18.8. The Balaban J connectivity index is 1.64. The highest BCUT2D eigenvalue weighted by atomic mass is 32.1. The largest absolute Gasteiger partial charge is 0.490 e. The van der Waals surface area contributed by atoms with Crippen LogP contribution in [0.2, 0.25) is 0 Å². The number of hydrogen-bond acceptors (Lipinski definition) is 6. The summed E-state index contributed by atoms with van der Waals surface area (Å²) in [5.41, 5.74) is 1.35. The van der Waals surface area contributed by atoms with E-state index < -0.39 is 5.91 Å². The Morgan fingerprint density at radius 2 is 1.72 bits per heavy atom. The molecule has 1 aliphatic rings. The van der Waals surface area contributed by atoms with Crippen LogP contribution in [-0.4, -0.2) is 68.0 Å². The quantitative estimate of drug-likeness (QED) is 0.465. The third kappa shape index (κ3) is 6.49. The highest BCUT2D eigenvalue weighted by molar-refractivity contribution is 7.80. The summed E-state index contributed by atoms with van der Waals surface area (Å²) in [6.07, 6.45) is 0. The van der Waals surface area contributed by atoms with Gasteiger partial charge >= 0.3 is 0 Å². The molecule has 0 spiro atoms. The highest BCUT2D eigenvalue weighted by Crippen LogP contribution is 2.20. The maximum Gasteiger partial charge on any atom is 0.261 e. The van der Waals surface area contributed by atoms with Crippen molar-refractivity contribution >= 4 is 34.8 Å². The van der Waals surface area contributed by atoms with Gasteiger partial charge < -0.3 is 24.4 Å². The number of ether oxygens (including phenoxy) is 3. The number of benzene rings is 2. The van der Waals surface area contributed by atoms with Crippen molar-refractivity contribution in [1.29, 1.82) is 0 Å². The Bertz CT molecular complexity index is 947. The zero-order chi connectivity index (χ0) is 22.8. The average Bonchev–Trinajstić information content (AvgIpc) is 2.82. The van der Waals surface area contributed by atoms with Gasteiger partial charge in [0.1, 0.15) is 12.4 Å². The molecule has 8 nitrogen and oxygen atoms in total. The van der Waals surface area contributed by atoms with Gasteiger partial charge in [0, 0.05) is 19.7 Å². The van der Waals surface area contributed by atoms with Crippen LogP contribution in [0, 0.1) is 0 Å². The molecule has 0 bridgehead atoms. The molecule has 1 aliphatic heterocycles. The molecule has 2 aromatic rings. The van der Waals surface area contributed by atoms with Crippen LogP contribution in [-0.2, 0) is 9.47 Å². The second-order valence-corrected chi connectivity index (χ2v) is 7.31. The number of hydrogen-bond donors (Lipinski definition) is 2. The van der Waals surface area contributed by atoms with Crippen LogP contribution in [0.4, 0.5) is 5.69 Å². The lowest BCUT2D eigenvalue weighted by atomic mass is 10.1. The van der Waals surface area contributed by atoms with Crippen molar-refractivity contribution < 1.29 is 23.8 Å². The lowest BCUT2D eigenvalue weighted by Crippen LogP contribution is -2.41. The molecule has 1 fully saturated rings. The Morgan fingerprint density at radius 3 is 2.47 bits per heavy atom. The molecule has 0 radical (unpaired) electrons. The average molecular weight is 458 g/mol. The number of rotatable bonds is 8. The predicted octanol–water partition coefficient (Wildman–Crippen LogP) is 2.70. The number of amides is 2. The van der Waals surface area contributed by atoms with Crippen molar-refractivity contribution in [1.82, 2.24) is 10.2 Å². The summed E-state index contributed by atoms with van der Waals surface area (Å²) in [6, 6.07) is 14.0. The topological polar surface area (TPSA) is 89.1 Å². The van der Waals surface area contributed by atoms with E-state index in [1.54, 1.807) is 53.4 Å². The highest BCUT2D eigenvalue weighted by Gasteiger charge is 2.21. The Morgan fingerprint density at radius 1 is 1.03 bits per heavy atom. The SMILES string of the molecule is CCOCCOc1ccccc1C(=O)NC(=S)Nc1ccccc1C(=O)N1CCOCC1. The minimum atomic E-state index is -0.411. The van der Waals surface area contributed by atoms with Crippen molar-refractivity contribution in [3.05, 3.63) is 59.7 Å². The third-order valence-corrected chi connectivity index (χ3v) is 4.96. The Labute approximate surface area is 192 Å². The molecule has 0 unspecified atom stereocenters. The van der Waals surface area contributed by atoms with Gasteiger partial charge in [-0.3, -0.25) is 14.9 Å². The van der Waals surface area contributed by atoms with E-state index in [2.05, 4.69) is 10.6 Å². The summed E-state index contributed by atoms with van der Waals surface area (Å²) in [7, 11) is 0. The van der Waals surface area contributed by atoms with Gasteiger partial charge in [-0.1, -0.05) is 24.3 Å². The van der Waals surface area contributed by atoms with Crippen LogP contribution in [0.3, 0.4) is 0 Å². The molecule has 32 heavy (non-hydrogen) atoms. The van der Waals surface area contributed by atoms with E-state index in [1.807, 2.05) is 6.92 Å². The number of morpholine rings is 1. The molecule has 0 atom stereocenters. The van der Waals surface area contributed by atoms with E-state index in [1.165, 1.54) is 0 Å². The number of thiocarbonyl (C=S) groups is 1. The van der Waals surface area contributed by atoms with Crippen molar-refractivity contribution in [3.8, 4) is 5.75 Å². The summed E-state index contributed by atoms with van der Waals surface area (Å²) in [6.45, 7) is 5.37. The van der Waals surface area contributed by atoms with Gasteiger partial charge in [0.15, 0.2) is 5.11 Å². The first kappa shape index (κ1) is 23.6. The monoisotopic (exact) mass is 457 g/mol. The minimum absolute atomic E-state index is 0.0846. The second kappa shape index (κ2) is 12.1. The Hall–Kier alpha value is -3.01. The molecule has 1 heterocycles. The molecule has 2 amide bonds. The summed E-state index contributed by atoms with van der Waals surface area (Å²) in [4.78, 5) is 27.4. The summed E-state index contributed by atoms with van der Waals surface area (Å²) < 4.78 is 16.3. The van der Waals surface area contributed by atoms with Gasteiger partial charge in [0.25, 0.3) is 11.8 Å². The molecular formula is C23H27N3O5S. The number of anilines is 1. The predicted molar refractivity (Wildman–Crippen MR) is 125 cm³/mol. The van der Waals surface area contributed by atoms with Crippen LogP contribution in [0.5, 0.6) is 5.75 Å². The lowest BCUT2D eigenvalue weighted by molar-refractivity contribution is 0.0303. The third-order valence-electron chi connectivity index (χ3n) is 4.75. The number of nitrogens with zero attached hydrogens (tertiary/aromatic N) is 1. The van der Waals surface area contributed by atoms with Crippen LogP contribution in [0.1, 0.15) is 27.6 Å². The molecule has 0 saturated carbocycles. The maximum absolute atomic E-state index is 12.9. The van der Waals surface area contributed by atoms with Crippen LogP contribution >= 0.6 is 12.2 Å². The fourth-order valence-electron chi connectivity index (χ4n) is 3.17. The lowest BCUT2D eigenvalue weighted by Gasteiger charge is -2.27. The maximum atomic E-state index is 12.9. The van der Waals surface area contributed by atoms with Gasteiger partial charge in [0.2, 0.25) is 0 Å². The molecular weight excluding hydrogens is 430 g/mol. The molecule has 1 saturated heterocycles. The number of carbonyl (C=O) groups excluding carboxylic acids is 2. The molecule has 2 N–H and O–H groups in total. The molecule has 9 heteroatoms. The van der Waals surface area contributed by atoms with Crippen LogP contribution < -0.4 is 15.4 Å². The first-order chi connectivity index (χ1) is 15.6. The Kier molecular flexibility index (Phi) is 8.97. The summed E-state index contributed by atoms with van der Waals surface area (Å²) in [5.74, 6) is -0.0829.